The Kier molecular flexibility index (Phi) is 4.48. The van der Waals surface area contributed by atoms with Gasteiger partial charge in [0.15, 0.2) is 0 Å². The zero-order valence-corrected chi connectivity index (χ0v) is 14.6. The van der Waals surface area contributed by atoms with E-state index in [1.54, 1.807) is 6.07 Å². The first-order chi connectivity index (χ1) is 12.1. The fraction of sp³-hybridized carbons (Fsp3) is 0.211. The molecule has 1 unspecified atom stereocenters. The van der Waals surface area contributed by atoms with Gasteiger partial charge in [0.05, 0.1) is 5.57 Å². The molecule has 0 bridgehead atoms. The van der Waals surface area contributed by atoms with E-state index in [1.807, 2.05) is 26.0 Å². The lowest BCUT2D eigenvalue weighted by molar-refractivity contribution is -0.187. The minimum atomic E-state index is -4.86. The zero-order valence-electron chi connectivity index (χ0n) is 13.8. The summed E-state index contributed by atoms with van der Waals surface area (Å²) >= 11 is 6.11. The molecular weight excluding hydrogens is 369 g/mol. The number of aryl methyl sites for hydroxylation is 2. The molecular formula is C19H14ClF3O3. The Morgan fingerprint density at radius 3 is 2.42 bits per heavy atom. The molecule has 2 aromatic carbocycles. The fourth-order valence-corrected chi connectivity index (χ4v) is 3.24. The molecule has 3 rings (SSSR count). The number of carboxylic acids is 1. The number of hydrogen-bond acceptors (Lipinski definition) is 2. The lowest BCUT2D eigenvalue weighted by Gasteiger charge is -2.29. The van der Waals surface area contributed by atoms with Crippen molar-refractivity contribution in [2.45, 2.75) is 26.1 Å². The fourth-order valence-electron chi connectivity index (χ4n) is 3.01. The SMILES string of the molecule is Cc1ccc(-c2cc(Cl)cc3c2OC(C(F)(F)F)C(C(=O)O)=C3)c(C)c1. The van der Waals surface area contributed by atoms with Crippen LogP contribution in [0, 0.1) is 13.8 Å². The molecule has 2 aromatic rings. The average molecular weight is 383 g/mol. The molecule has 0 spiro atoms. The maximum absolute atomic E-state index is 13.3. The van der Waals surface area contributed by atoms with Crippen LogP contribution in [0.4, 0.5) is 13.2 Å². The minimum absolute atomic E-state index is 0.0336. The Hall–Kier alpha value is -2.47. The number of halogens is 4. The molecule has 1 heterocycles. The Bertz CT molecular complexity index is 932. The third-order valence-electron chi connectivity index (χ3n) is 4.13. The summed E-state index contributed by atoms with van der Waals surface area (Å²) in [5.74, 6) is -1.72. The number of carbonyl (C=O) groups is 1. The molecule has 3 nitrogen and oxygen atoms in total. The number of alkyl halides is 3. The summed E-state index contributed by atoms with van der Waals surface area (Å²) in [4.78, 5) is 11.3. The van der Waals surface area contributed by atoms with Crippen molar-refractivity contribution in [3.63, 3.8) is 0 Å². The highest BCUT2D eigenvalue weighted by Crippen LogP contribution is 2.44. The van der Waals surface area contributed by atoms with E-state index in [2.05, 4.69) is 0 Å². The number of benzene rings is 2. The molecule has 0 aliphatic carbocycles. The van der Waals surface area contributed by atoms with E-state index in [9.17, 15) is 18.0 Å². The molecule has 1 atom stereocenters. The minimum Gasteiger partial charge on any atom is -0.478 e. The van der Waals surface area contributed by atoms with E-state index >= 15 is 0 Å². The van der Waals surface area contributed by atoms with Gasteiger partial charge in [-0.1, -0.05) is 35.4 Å². The predicted octanol–water partition coefficient (Wildman–Crippen LogP) is 5.42. The van der Waals surface area contributed by atoms with E-state index in [0.717, 1.165) is 17.2 Å². The van der Waals surface area contributed by atoms with Crippen LogP contribution in [0.15, 0.2) is 35.9 Å². The summed E-state index contributed by atoms with van der Waals surface area (Å²) in [6, 6.07) is 8.41. The van der Waals surface area contributed by atoms with E-state index in [1.165, 1.54) is 12.1 Å². The quantitative estimate of drug-likeness (QED) is 0.754. The largest absolute Gasteiger partial charge is 0.478 e. The van der Waals surface area contributed by atoms with E-state index < -0.39 is 23.8 Å². The van der Waals surface area contributed by atoms with Crippen molar-refractivity contribution in [1.82, 2.24) is 0 Å². The highest BCUT2D eigenvalue weighted by molar-refractivity contribution is 6.31. The highest BCUT2D eigenvalue weighted by Gasteiger charge is 2.48. The number of hydrogen-bond donors (Lipinski definition) is 1. The molecule has 136 valence electrons. The molecule has 1 N–H and O–H groups in total. The summed E-state index contributed by atoms with van der Waals surface area (Å²) in [6.07, 6.45) is -6.43. The third kappa shape index (κ3) is 3.29. The maximum atomic E-state index is 13.3. The summed E-state index contributed by atoms with van der Waals surface area (Å²) in [7, 11) is 0. The normalized spacial score (nSPS) is 16.5. The first kappa shape index (κ1) is 18.3. The lowest BCUT2D eigenvalue weighted by atomic mass is 9.93. The van der Waals surface area contributed by atoms with Crippen molar-refractivity contribution in [1.29, 1.82) is 0 Å². The molecule has 0 saturated heterocycles. The topological polar surface area (TPSA) is 46.5 Å². The predicted molar refractivity (Wildman–Crippen MR) is 92.4 cm³/mol. The highest BCUT2D eigenvalue weighted by atomic mass is 35.5. The lowest BCUT2D eigenvalue weighted by Crippen LogP contribution is -2.40. The van der Waals surface area contributed by atoms with Crippen LogP contribution in [-0.4, -0.2) is 23.4 Å². The average Bonchev–Trinajstić information content (AvgIpc) is 2.52. The molecule has 0 saturated carbocycles. The number of fused-ring (bicyclic) bond motifs is 1. The Morgan fingerprint density at radius 2 is 1.85 bits per heavy atom. The second-order valence-electron chi connectivity index (χ2n) is 6.13. The van der Waals surface area contributed by atoms with E-state index in [-0.39, 0.29) is 16.3 Å². The number of ether oxygens (including phenoxy) is 1. The van der Waals surface area contributed by atoms with Crippen LogP contribution >= 0.6 is 11.6 Å². The Balaban J connectivity index is 2.26. The number of rotatable bonds is 2. The van der Waals surface area contributed by atoms with Crippen LogP contribution in [0.25, 0.3) is 17.2 Å². The standard InChI is InChI=1S/C19H14ClF3O3/c1-9-3-4-13(10(2)5-9)14-8-12(20)6-11-7-15(18(24)25)17(19(21,22)23)26-16(11)14/h3-8,17H,1-2H3,(H,24,25). The van der Waals surface area contributed by atoms with Crippen molar-refractivity contribution in [2.75, 3.05) is 0 Å². The molecule has 7 heteroatoms. The van der Waals surface area contributed by atoms with Crippen molar-refractivity contribution >= 4 is 23.6 Å². The van der Waals surface area contributed by atoms with Gasteiger partial charge in [-0.25, -0.2) is 4.79 Å². The van der Waals surface area contributed by atoms with Crippen molar-refractivity contribution in [2.24, 2.45) is 0 Å². The van der Waals surface area contributed by atoms with Gasteiger partial charge in [0.2, 0.25) is 6.10 Å². The second kappa shape index (κ2) is 6.36. The van der Waals surface area contributed by atoms with Gasteiger partial charge in [-0.2, -0.15) is 13.2 Å². The van der Waals surface area contributed by atoms with Crippen LogP contribution in [0.2, 0.25) is 5.02 Å². The van der Waals surface area contributed by atoms with Crippen molar-refractivity contribution in [3.05, 3.63) is 57.6 Å². The van der Waals surface area contributed by atoms with Crippen LogP contribution in [0.3, 0.4) is 0 Å². The first-order valence-corrected chi connectivity index (χ1v) is 8.05. The van der Waals surface area contributed by atoms with Gasteiger partial charge in [0, 0.05) is 16.1 Å². The zero-order chi connectivity index (χ0) is 19.2. The van der Waals surface area contributed by atoms with Crippen molar-refractivity contribution < 1.29 is 27.8 Å². The number of aliphatic carboxylic acids is 1. The van der Waals surface area contributed by atoms with Gasteiger partial charge in [-0.15, -0.1) is 0 Å². The summed E-state index contributed by atoms with van der Waals surface area (Å²) < 4.78 is 45.2. The van der Waals surface area contributed by atoms with Crippen LogP contribution in [0.5, 0.6) is 5.75 Å². The van der Waals surface area contributed by atoms with Gasteiger partial charge in [-0.05, 0) is 43.2 Å². The van der Waals surface area contributed by atoms with Gasteiger partial charge < -0.3 is 9.84 Å². The Morgan fingerprint density at radius 1 is 1.15 bits per heavy atom. The Labute approximate surface area is 152 Å². The van der Waals surface area contributed by atoms with Crippen molar-refractivity contribution in [3.8, 4) is 16.9 Å². The maximum Gasteiger partial charge on any atom is 0.430 e. The van der Waals surface area contributed by atoms with E-state index in [4.69, 9.17) is 21.4 Å². The first-order valence-electron chi connectivity index (χ1n) is 7.67. The summed E-state index contributed by atoms with van der Waals surface area (Å²) in [5.41, 5.74) is 2.23. The van der Waals surface area contributed by atoms with Gasteiger partial charge in [0.25, 0.3) is 0 Å². The second-order valence-corrected chi connectivity index (χ2v) is 6.57. The molecule has 0 fully saturated rings. The van der Waals surface area contributed by atoms with Crippen LogP contribution in [-0.2, 0) is 4.79 Å². The number of carboxylic acid groups (broad SMARTS) is 1. The molecule has 0 radical (unpaired) electrons. The monoisotopic (exact) mass is 382 g/mol. The molecule has 26 heavy (non-hydrogen) atoms. The van der Waals surface area contributed by atoms with Gasteiger partial charge in [-0.3, -0.25) is 0 Å². The van der Waals surface area contributed by atoms with Crippen LogP contribution in [0.1, 0.15) is 16.7 Å². The smallest absolute Gasteiger partial charge is 0.430 e. The van der Waals surface area contributed by atoms with E-state index in [0.29, 0.717) is 11.1 Å². The molecule has 0 amide bonds. The van der Waals surface area contributed by atoms with Crippen LogP contribution < -0.4 is 4.74 Å². The van der Waals surface area contributed by atoms with Gasteiger partial charge in [0.1, 0.15) is 5.75 Å². The summed E-state index contributed by atoms with van der Waals surface area (Å²) in [5, 5.41) is 9.42. The third-order valence-corrected chi connectivity index (χ3v) is 4.35. The summed E-state index contributed by atoms with van der Waals surface area (Å²) in [6.45, 7) is 3.74. The molecule has 1 aliphatic heterocycles. The molecule has 0 aromatic heterocycles. The van der Waals surface area contributed by atoms with Gasteiger partial charge >= 0.3 is 12.1 Å². The molecule has 1 aliphatic rings.